The van der Waals surface area contributed by atoms with Gasteiger partial charge in [0, 0.05) is 34.2 Å². The topological polar surface area (TPSA) is 321 Å². The van der Waals surface area contributed by atoms with Crippen molar-refractivity contribution in [3.05, 3.63) is 0 Å². The maximum Gasteiger partial charge on any atom is 0.408 e. The molecular weight excluding hydrogens is 961 g/mol. The number of hydrogen-bond donors (Lipinski definition) is 6. The molecule has 0 radical (unpaired) electrons. The van der Waals surface area contributed by atoms with Gasteiger partial charge in [0.2, 0.25) is 29.5 Å². The van der Waals surface area contributed by atoms with E-state index in [0.717, 1.165) is 0 Å². The molecule has 27 heteroatoms. The first-order valence-corrected chi connectivity index (χ1v) is 23.7. The molecule has 408 valence electrons. The summed E-state index contributed by atoms with van der Waals surface area (Å²) in [6, 6.07) is -3.25. The summed E-state index contributed by atoms with van der Waals surface area (Å²) < 4.78 is 81.3. The number of nitrogens with one attached hydrogen (secondary N) is 6. The molecule has 0 saturated carbocycles. The zero-order chi connectivity index (χ0) is 53.1. The summed E-state index contributed by atoms with van der Waals surface area (Å²) >= 11 is 0. The van der Waals surface area contributed by atoms with Crippen molar-refractivity contribution < 1.29 is 99.9 Å². The molecule has 0 aromatic heterocycles. The third kappa shape index (κ3) is 14.5. The van der Waals surface area contributed by atoms with Crippen LogP contribution in [0, 0.1) is 0 Å². The van der Waals surface area contributed by atoms with E-state index in [1.54, 1.807) is 62.3 Å². The molecule has 6 aliphatic rings. The highest BCUT2D eigenvalue weighted by Crippen LogP contribution is 2.42. The summed E-state index contributed by atoms with van der Waals surface area (Å²) in [5, 5.41) is 15.6. The van der Waals surface area contributed by atoms with Crippen LogP contribution in [0.3, 0.4) is 0 Å². The highest BCUT2D eigenvalue weighted by atomic mass is 16.9. The summed E-state index contributed by atoms with van der Waals surface area (Å²) in [5.74, 6) is -7.25. The van der Waals surface area contributed by atoms with Gasteiger partial charge in [0.15, 0.2) is 36.2 Å². The van der Waals surface area contributed by atoms with E-state index in [0.29, 0.717) is 0 Å². The fourth-order valence-electron chi connectivity index (χ4n) is 9.44. The van der Waals surface area contributed by atoms with E-state index < -0.39 is 189 Å². The van der Waals surface area contributed by atoms with Gasteiger partial charge < -0.3 is 98.2 Å². The quantitative estimate of drug-likeness (QED) is 0.0692. The Morgan fingerprint density at radius 1 is 0.472 bits per heavy atom. The van der Waals surface area contributed by atoms with Gasteiger partial charge in [-0.15, -0.1) is 0 Å². The summed E-state index contributed by atoms with van der Waals surface area (Å²) in [7, 11) is 5.44. The van der Waals surface area contributed by atoms with Gasteiger partial charge in [-0.25, -0.2) is 4.79 Å². The molecule has 0 aromatic rings. The Balaban J connectivity index is 1.09. The van der Waals surface area contributed by atoms with Crippen molar-refractivity contribution in [2.45, 2.75) is 196 Å². The van der Waals surface area contributed by atoms with E-state index in [1.165, 1.54) is 28.4 Å². The van der Waals surface area contributed by atoms with Crippen molar-refractivity contribution in [3.8, 4) is 0 Å². The molecule has 6 saturated heterocycles. The third-order valence-corrected chi connectivity index (χ3v) is 12.2. The SMILES string of the molecule is COC(=O)C[C@@H](NC(=O)CNC(=O)C[C@H](NC(=O)CNC(=O)C[C@H](NC(=O)CNC(=O)OC(C)(C)C)[C@H]1O[C@@H]2OC(C)(C)O[C@@H]2[C@H]1OC)[C@H]1O[C@@H]2OC(C)(C)O[C@@H]2[C@H]1OC)[C@H]1O[C@@H]2OC(C)(C)O[C@@H]2[C@H]1OC. The Morgan fingerprint density at radius 2 is 0.792 bits per heavy atom. The summed E-state index contributed by atoms with van der Waals surface area (Å²) in [6.07, 6.45) is -12.3. The van der Waals surface area contributed by atoms with Crippen LogP contribution in [0.25, 0.3) is 0 Å². The Labute approximate surface area is 417 Å². The average Bonchev–Trinajstić information content (AvgIpc) is 4.09. The smallest absolute Gasteiger partial charge is 0.408 e. The molecule has 0 aliphatic carbocycles. The summed E-state index contributed by atoms with van der Waals surface area (Å²) in [4.78, 5) is 92.5. The van der Waals surface area contributed by atoms with Gasteiger partial charge in [-0.05, 0) is 62.3 Å². The zero-order valence-electron chi connectivity index (χ0n) is 43.0. The van der Waals surface area contributed by atoms with Gasteiger partial charge in [-0.3, -0.25) is 28.8 Å². The van der Waals surface area contributed by atoms with Crippen LogP contribution in [-0.2, 0) is 95.1 Å². The summed E-state index contributed by atoms with van der Waals surface area (Å²) in [6.45, 7) is 13.5. The van der Waals surface area contributed by atoms with Gasteiger partial charge in [0.25, 0.3) is 0 Å². The maximum absolute atomic E-state index is 13.7. The van der Waals surface area contributed by atoms with Crippen LogP contribution < -0.4 is 31.9 Å². The Bertz CT molecular complexity index is 1980. The molecule has 6 N–H and O–H groups in total. The van der Waals surface area contributed by atoms with Gasteiger partial charge in [-0.1, -0.05) is 0 Å². The fourth-order valence-corrected chi connectivity index (χ4v) is 9.44. The predicted molar refractivity (Wildman–Crippen MR) is 240 cm³/mol. The first-order chi connectivity index (χ1) is 33.6. The van der Waals surface area contributed by atoms with Crippen LogP contribution in [0.1, 0.15) is 81.6 Å². The van der Waals surface area contributed by atoms with Crippen molar-refractivity contribution in [2.75, 3.05) is 48.1 Å². The summed E-state index contributed by atoms with van der Waals surface area (Å²) in [5.41, 5.74) is -0.827. The molecule has 6 rings (SSSR count). The number of methoxy groups -OCH3 is 4. The van der Waals surface area contributed by atoms with Gasteiger partial charge in [-0.2, -0.15) is 0 Å². The Morgan fingerprint density at radius 3 is 1.10 bits per heavy atom. The molecule has 0 spiro atoms. The molecule has 6 heterocycles. The largest absolute Gasteiger partial charge is 0.469 e. The molecular formula is C45H72N6O21. The van der Waals surface area contributed by atoms with Crippen LogP contribution in [0.4, 0.5) is 4.79 Å². The van der Waals surface area contributed by atoms with Crippen molar-refractivity contribution >= 4 is 41.6 Å². The minimum atomic E-state index is -1.16. The number of esters is 1. The number of rotatable bonds is 21. The molecule has 27 nitrogen and oxygen atoms in total. The average molecular weight is 1030 g/mol. The minimum Gasteiger partial charge on any atom is -0.469 e. The number of hydrogen-bond acceptors (Lipinski definition) is 21. The van der Waals surface area contributed by atoms with E-state index in [9.17, 15) is 33.6 Å². The molecule has 6 aliphatic heterocycles. The van der Waals surface area contributed by atoms with Crippen LogP contribution in [0.15, 0.2) is 0 Å². The lowest BCUT2D eigenvalue weighted by molar-refractivity contribution is -0.220. The number of carbonyl (C=O) groups excluding carboxylic acids is 7. The van der Waals surface area contributed by atoms with Gasteiger partial charge in [0.1, 0.15) is 67.1 Å². The molecule has 15 atom stereocenters. The number of carbonyl (C=O) groups is 7. The lowest BCUT2D eigenvalue weighted by Crippen LogP contribution is -2.55. The predicted octanol–water partition coefficient (Wildman–Crippen LogP) is -1.78. The zero-order valence-corrected chi connectivity index (χ0v) is 43.0. The maximum atomic E-state index is 13.7. The van der Waals surface area contributed by atoms with Crippen LogP contribution in [0.5, 0.6) is 0 Å². The van der Waals surface area contributed by atoms with Crippen molar-refractivity contribution in [1.82, 2.24) is 31.9 Å². The van der Waals surface area contributed by atoms with Crippen molar-refractivity contribution in [1.29, 1.82) is 0 Å². The first-order valence-electron chi connectivity index (χ1n) is 23.7. The van der Waals surface area contributed by atoms with Gasteiger partial charge >= 0.3 is 12.1 Å². The molecule has 0 unspecified atom stereocenters. The van der Waals surface area contributed by atoms with Crippen LogP contribution in [-0.4, -0.2) is 205 Å². The monoisotopic (exact) mass is 1030 g/mol. The van der Waals surface area contributed by atoms with Crippen LogP contribution in [0.2, 0.25) is 0 Å². The second-order valence-electron chi connectivity index (χ2n) is 20.4. The Kier molecular flexibility index (Phi) is 18.2. The van der Waals surface area contributed by atoms with Gasteiger partial charge in [0.05, 0.1) is 44.7 Å². The third-order valence-electron chi connectivity index (χ3n) is 12.2. The number of alkyl carbamates (subject to hydrolysis) is 1. The van der Waals surface area contributed by atoms with E-state index in [1.807, 2.05) is 0 Å². The molecule has 0 aromatic carbocycles. The van der Waals surface area contributed by atoms with E-state index in [2.05, 4.69) is 31.9 Å². The highest BCUT2D eigenvalue weighted by Gasteiger charge is 2.60. The van der Waals surface area contributed by atoms with E-state index >= 15 is 0 Å². The first kappa shape index (κ1) is 56.9. The van der Waals surface area contributed by atoms with E-state index in [4.69, 9.17) is 66.3 Å². The van der Waals surface area contributed by atoms with Crippen molar-refractivity contribution in [3.63, 3.8) is 0 Å². The molecule has 0 bridgehead atoms. The Hall–Kier alpha value is -4.39. The van der Waals surface area contributed by atoms with Crippen LogP contribution >= 0.6 is 0 Å². The normalized spacial score (nSPS) is 32.8. The number of amides is 6. The lowest BCUT2D eigenvalue weighted by atomic mass is 9.99. The number of ether oxygens (including phenoxy) is 14. The molecule has 6 amide bonds. The molecule has 72 heavy (non-hydrogen) atoms. The molecule has 6 fully saturated rings. The standard InChI is InChI=1S/C45H72N6O21/c1-42(2,3)72-41(58)48-19-27(56)50-21(30-33(61-12)36-39(64-30)70-44(6,7)67-36)15-24(53)46-17-25(54)49-20(29-32(60-11)35-38(63-29)69-43(4,5)66-35)14-23(52)47-18-26(55)51-22(16-28(57)59-10)31-34(62-13)37-40(65-31)71-45(8,9)68-37/h20-22,29-40H,14-19H2,1-13H3,(H,46,53)(H,47,52)(H,48,58)(H,49,54)(H,50,56)(H,51,55)/t20-,21-,22+,29+,30+,31+,32-,33-,34-,35+,36+,37+,38+,39+,40+/m0/s1. The fraction of sp³-hybridized carbons (Fsp3) is 0.844. The van der Waals surface area contributed by atoms with Crippen molar-refractivity contribution in [2.24, 2.45) is 0 Å². The minimum absolute atomic E-state index is 0.317. The second kappa shape index (κ2) is 23.0. The highest BCUT2D eigenvalue weighted by molar-refractivity contribution is 5.88. The van der Waals surface area contributed by atoms with E-state index in [-0.39, 0.29) is 6.42 Å². The second-order valence-corrected chi connectivity index (χ2v) is 20.4. The number of fused-ring (bicyclic) bond motifs is 3. The lowest BCUT2D eigenvalue weighted by Gasteiger charge is -2.31.